The number of esters is 1. The molecule has 0 aliphatic rings. The third kappa shape index (κ3) is 59.4. The molecule has 0 aromatic carbocycles. The Morgan fingerprint density at radius 2 is 0.644 bits per heavy atom. The van der Waals surface area contributed by atoms with Gasteiger partial charge in [0.05, 0.1) is 25.4 Å². The zero-order valence-electron chi connectivity index (χ0n) is 49.4. The van der Waals surface area contributed by atoms with Gasteiger partial charge in [0.2, 0.25) is 5.91 Å². The maximum absolute atomic E-state index is 12.4. The lowest BCUT2D eigenvalue weighted by molar-refractivity contribution is -0.143. The Morgan fingerprint density at radius 1 is 0.370 bits per heavy atom. The molecule has 0 heterocycles. The lowest BCUT2D eigenvalue weighted by Gasteiger charge is -2.20. The van der Waals surface area contributed by atoms with Crippen molar-refractivity contribution in [3.63, 3.8) is 0 Å². The molecule has 0 aliphatic carbocycles. The van der Waals surface area contributed by atoms with Crippen molar-refractivity contribution in [2.75, 3.05) is 13.2 Å². The number of carbonyl (C=O) groups excluding carboxylic acids is 2. The van der Waals surface area contributed by atoms with E-state index in [0.29, 0.717) is 19.4 Å². The second-order valence-electron chi connectivity index (χ2n) is 22.8. The molecule has 0 bridgehead atoms. The van der Waals surface area contributed by atoms with Gasteiger partial charge in [0.25, 0.3) is 0 Å². The number of ether oxygens (including phenoxy) is 1. The van der Waals surface area contributed by atoms with Crippen LogP contribution in [-0.2, 0) is 14.3 Å². The van der Waals surface area contributed by atoms with E-state index in [0.717, 1.165) is 44.9 Å². The van der Waals surface area contributed by atoms with Gasteiger partial charge in [-0.15, -0.1) is 0 Å². The van der Waals surface area contributed by atoms with Crippen molar-refractivity contribution in [2.24, 2.45) is 0 Å². The van der Waals surface area contributed by atoms with Gasteiger partial charge in [0.1, 0.15) is 0 Å². The summed E-state index contributed by atoms with van der Waals surface area (Å²) in [5.74, 6) is -0.0516. The molecule has 0 fully saturated rings. The van der Waals surface area contributed by atoms with Crippen molar-refractivity contribution >= 4 is 11.9 Å². The normalized spacial score (nSPS) is 12.7. The zero-order valence-corrected chi connectivity index (χ0v) is 49.4. The Hall–Kier alpha value is -1.66. The average Bonchev–Trinajstić information content (AvgIpc) is 3.39. The first-order valence-electron chi connectivity index (χ1n) is 33.1. The molecule has 6 heteroatoms. The highest BCUT2D eigenvalue weighted by molar-refractivity contribution is 5.76. The fourth-order valence-corrected chi connectivity index (χ4v) is 10.4. The first-order valence-corrected chi connectivity index (χ1v) is 33.1. The van der Waals surface area contributed by atoms with Gasteiger partial charge in [0.15, 0.2) is 0 Å². The Labute approximate surface area is 456 Å². The molecule has 0 aromatic heterocycles. The third-order valence-corrected chi connectivity index (χ3v) is 15.5. The zero-order chi connectivity index (χ0) is 52.9. The van der Waals surface area contributed by atoms with Gasteiger partial charge < -0.3 is 20.3 Å². The van der Waals surface area contributed by atoms with Crippen molar-refractivity contribution < 1.29 is 24.5 Å². The number of aliphatic hydroxyl groups excluding tert-OH is 2. The van der Waals surface area contributed by atoms with E-state index in [1.54, 1.807) is 6.08 Å². The van der Waals surface area contributed by atoms with Crippen LogP contribution >= 0.6 is 0 Å². The second kappa shape index (κ2) is 62.9. The maximum Gasteiger partial charge on any atom is 0.305 e. The minimum Gasteiger partial charge on any atom is -0.466 e. The van der Waals surface area contributed by atoms with Crippen LogP contribution in [0.3, 0.4) is 0 Å². The summed E-state index contributed by atoms with van der Waals surface area (Å²) >= 11 is 0. The van der Waals surface area contributed by atoms with E-state index < -0.39 is 12.1 Å². The topological polar surface area (TPSA) is 95.9 Å². The molecule has 1 amide bonds. The largest absolute Gasteiger partial charge is 0.466 e. The molecule has 73 heavy (non-hydrogen) atoms. The first-order chi connectivity index (χ1) is 36.0. The monoisotopic (exact) mass is 1030 g/mol. The van der Waals surface area contributed by atoms with Gasteiger partial charge in [0, 0.05) is 12.8 Å². The predicted octanol–water partition coefficient (Wildman–Crippen LogP) is 21.0. The van der Waals surface area contributed by atoms with Gasteiger partial charge in [-0.1, -0.05) is 321 Å². The van der Waals surface area contributed by atoms with Crippen LogP contribution in [-0.4, -0.2) is 47.4 Å². The number of unbranched alkanes of at least 4 members (excludes halogenated alkanes) is 49. The molecule has 6 nitrogen and oxygen atoms in total. The molecule has 0 radical (unpaired) electrons. The molecular formula is C67H129NO5. The highest BCUT2D eigenvalue weighted by Gasteiger charge is 2.18. The minimum absolute atomic E-state index is 0.0115. The predicted molar refractivity (Wildman–Crippen MR) is 320 cm³/mol. The standard InChI is InChI=1S/C67H129NO5/c1-3-5-7-9-11-13-15-41-45-49-53-57-61-67(72)73-62-58-54-50-46-42-38-36-34-32-30-28-26-24-22-20-18-16-17-19-21-23-25-27-29-31-33-35-37-40-44-48-52-56-60-66(71)68-64(63-69)65(70)59-55-51-47-43-39-14-12-10-8-6-4-2/h11,13,55,59,64-65,69-70H,3-10,12,14-54,56-58,60-63H2,1-2H3,(H,68,71)/b13-11-,59-55+. The fraction of sp³-hybridized carbons (Fsp3) is 0.910. The summed E-state index contributed by atoms with van der Waals surface area (Å²) in [7, 11) is 0. The summed E-state index contributed by atoms with van der Waals surface area (Å²) in [6.07, 6.45) is 78.3. The van der Waals surface area contributed by atoms with Crippen molar-refractivity contribution in [2.45, 2.75) is 379 Å². The quantitative estimate of drug-likeness (QED) is 0.0320. The van der Waals surface area contributed by atoms with Crippen LogP contribution in [0.15, 0.2) is 24.3 Å². The molecule has 432 valence electrons. The highest BCUT2D eigenvalue weighted by atomic mass is 16.5. The van der Waals surface area contributed by atoms with Crippen molar-refractivity contribution in [3.05, 3.63) is 24.3 Å². The van der Waals surface area contributed by atoms with Crippen LogP contribution in [0.1, 0.15) is 367 Å². The van der Waals surface area contributed by atoms with Crippen molar-refractivity contribution in [1.82, 2.24) is 5.32 Å². The summed E-state index contributed by atoms with van der Waals surface area (Å²) in [6, 6.07) is -0.622. The lowest BCUT2D eigenvalue weighted by atomic mass is 10.0. The molecule has 0 saturated heterocycles. The number of amides is 1. The molecule has 0 aromatic rings. The van der Waals surface area contributed by atoms with E-state index in [9.17, 15) is 19.8 Å². The first kappa shape index (κ1) is 71.3. The number of carbonyl (C=O) groups is 2. The lowest BCUT2D eigenvalue weighted by Crippen LogP contribution is -2.45. The molecular weight excluding hydrogens is 899 g/mol. The van der Waals surface area contributed by atoms with Crippen LogP contribution in [0, 0.1) is 0 Å². The van der Waals surface area contributed by atoms with E-state index in [1.165, 1.54) is 295 Å². The van der Waals surface area contributed by atoms with Gasteiger partial charge in [-0.3, -0.25) is 9.59 Å². The van der Waals surface area contributed by atoms with E-state index in [1.807, 2.05) is 6.08 Å². The van der Waals surface area contributed by atoms with Crippen LogP contribution in [0.4, 0.5) is 0 Å². The van der Waals surface area contributed by atoms with Gasteiger partial charge in [-0.2, -0.15) is 0 Å². The summed E-state index contributed by atoms with van der Waals surface area (Å²) in [6.45, 7) is 4.89. The van der Waals surface area contributed by atoms with Crippen LogP contribution in [0.2, 0.25) is 0 Å². The molecule has 0 aliphatic heterocycles. The molecule has 0 saturated carbocycles. The summed E-state index contributed by atoms with van der Waals surface area (Å²) in [5, 5.41) is 23.0. The summed E-state index contributed by atoms with van der Waals surface area (Å²) < 4.78 is 5.47. The third-order valence-electron chi connectivity index (χ3n) is 15.5. The van der Waals surface area contributed by atoms with Crippen LogP contribution in [0.25, 0.3) is 0 Å². The molecule has 2 unspecified atom stereocenters. The minimum atomic E-state index is -0.839. The van der Waals surface area contributed by atoms with Gasteiger partial charge >= 0.3 is 5.97 Å². The Kier molecular flexibility index (Phi) is 61.4. The van der Waals surface area contributed by atoms with E-state index in [-0.39, 0.29) is 18.5 Å². The Bertz CT molecular complexity index is 1140. The SMILES string of the molecule is CCCCC/C=C\CCCCCCCC(=O)OCCCCCCCCCCCCCCCCCCCCCCCCCCCCCCCCCCCC(=O)NC(CO)C(O)/C=C/CCCCCCCCCCC. The van der Waals surface area contributed by atoms with Gasteiger partial charge in [-0.05, 0) is 57.8 Å². The van der Waals surface area contributed by atoms with Crippen molar-refractivity contribution in [1.29, 1.82) is 0 Å². The van der Waals surface area contributed by atoms with Crippen LogP contribution < -0.4 is 5.32 Å². The number of hydrogen-bond acceptors (Lipinski definition) is 5. The van der Waals surface area contributed by atoms with E-state index >= 15 is 0 Å². The molecule has 2 atom stereocenters. The Morgan fingerprint density at radius 3 is 1.00 bits per heavy atom. The second-order valence-corrected chi connectivity index (χ2v) is 22.8. The summed E-state index contributed by atoms with van der Waals surface area (Å²) in [4.78, 5) is 24.4. The maximum atomic E-state index is 12.4. The van der Waals surface area contributed by atoms with E-state index in [2.05, 4.69) is 31.3 Å². The van der Waals surface area contributed by atoms with Crippen LogP contribution in [0.5, 0.6) is 0 Å². The van der Waals surface area contributed by atoms with E-state index in [4.69, 9.17) is 4.74 Å². The molecule has 0 rings (SSSR count). The molecule has 3 N–H and O–H groups in total. The number of allylic oxidation sites excluding steroid dienone is 3. The fourth-order valence-electron chi connectivity index (χ4n) is 10.4. The number of rotatable bonds is 62. The Balaban J connectivity index is 3.31. The summed E-state index contributed by atoms with van der Waals surface area (Å²) in [5.41, 5.74) is 0. The number of aliphatic hydroxyl groups is 2. The number of nitrogens with one attached hydrogen (secondary N) is 1. The molecule has 0 spiro atoms. The van der Waals surface area contributed by atoms with Gasteiger partial charge in [-0.25, -0.2) is 0 Å². The highest BCUT2D eigenvalue weighted by Crippen LogP contribution is 2.18. The number of hydrogen-bond donors (Lipinski definition) is 3. The van der Waals surface area contributed by atoms with Crippen molar-refractivity contribution in [3.8, 4) is 0 Å². The average molecular weight is 1030 g/mol. The smallest absolute Gasteiger partial charge is 0.305 e.